The summed E-state index contributed by atoms with van der Waals surface area (Å²) in [4.78, 5) is 66.8. The number of non-ortho nitro benzene ring substituents is 1. The summed E-state index contributed by atoms with van der Waals surface area (Å²) in [5.74, 6) is -5.15. The first-order valence-corrected chi connectivity index (χ1v) is 11.3. The summed E-state index contributed by atoms with van der Waals surface area (Å²) in [6.07, 6.45) is -1.02. The molecule has 3 aliphatic rings. The number of nitro groups is 1. The number of fused-ring (bicyclic) bond motifs is 3. The molecule has 2 heterocycles. The minimum Gasteiger partial charge on any atom is -0.349 e. The number of ether oxygens (including phenoxy) is 1. The summed E-state index contributed by atoms with van der Waals surface area (Å²) >= 11 is 0. The summed E-state index contributed by atoms with van der Waals surface area (Å²) in [5.41, 5.74) is -0.976. The van der Waals surface area contributed by atoms with Crippen molar-refractivity contribution in [3.63, 3.8) is 0 Å². The second-order valence-electron chi connectivity index (χ2n) is 9.13. The maximum absolute atomic E-state index is 13.9. The van der Waals surface area contributed by atoms with Gasteiger partial charge >= 0.3 is 0 Å². The molecule has 36 heavy (non-hydrogen) atoms. The van der Waals surface area contributed by atoms with Gasteiger partial charge in [-0.3, -0.25) is 29.3 Å². The number of Topliss-reactive ketones (excluding diaryl/α,β-unsaturated/α-hetero) is 2. The number of nitrogens with zero attached hydrogens (tertiary/aromatic N) is 2. The number of aryl methyl sites for hydroxylation is 1. The zero-order chi connectivity index (χ0) is 25.4. The number of benzene rings is 3. The first kappa shape index (κ1) is 22.0. The molecule has 0 radical (unpaired) electrons. The maximum atomic E-state index is 13.9. The van der Waals surface area contributed by atoms with Crippen molar-refractivity contribution < 1.29 is 28.8 Å². The van der Waals surface area contributed by atoms with Crippen LogP contribution >= 0.6 is 0 Å². The maximum Gasteiger partial charge on any atom is 0.269 e. The predicted octanol–water partition coefficient (Wildman–Crippen LogP) is 3.60. The molecule has 178 valence electrons. The second kappa shape index (κ2) is 7.50. The Bertz CT molecular complexity index is 1480. The Hall–Kier alpha value is -4.50. The number of hydrogen-bond acceptors (Lipinski definition) is 7. The van der Waals surface area contributed by atoms with Crippen LogP contribution in [0.1, 0.15) is 37.9 Å². The van der Waals surface area contributed by atoms with Gasteiger partial charge in [-0.25, -0.2) is 4.90 Å². The molecule has 1 spiro atoms. The lowest BCUT2D eigenvalue weighted by molar-refractivity contribution is -0.384. The fourth-order valence-electron chi connectivity index (χ4n) is 5.70. The highest BCUT2D eigenvalue weighted by molar-refractivity contribution is 6.37. The second-order valence-corrected chi connectivity index (χ2v) is 9.13. The van der Waals surface area contributed by atoms with Crippen LogP contribution in [-0.4, -0.2) is 33.9 Å². The molecule has 9 nitrogen and oxygen atoms in total. The summed E-state index contributed by atoms with van der Waals surface area (Å²) in [6.45, 7) is 1.56. The van der Waals surface area contributed by atoms with Crippen LogP contribution in [-0.2, 0) is 14.3 Å². The van der Waals surface area contributed by atoms with Crippen LogP contribution in [0, 0.1) is 28.9 Å². The molecule has 2 fully saturated rings. The van der Waals surface area contributed by atoms with Crippen LogP contribution in [0.2, 0.25) is 0 Å². The van der Waals surface area contributed by atoms with Gasteiger partial charge < -0.3 is 4.74 Å². The van der Waals surface area contributed by atoms with Crippen molar-refractivity contribution in [2.45, 2.75) is 18.6 Å². The molecule has 2 aliphatic heterocycles. The standard InChI is InChI=1S/C27H18N2O7/c1-14-13-16(29(34)35)11-12-19(14)28-25(32)20-21(26(28)33)27(36-22(20)15-7-3-2-4-8-15)23(30)17-9-5-6-10-18(17)24(27)31/h2-13,20-22H,1H3. The highest BCUT2D eigenvalue weighted by atomic mass is 16.6. The quantitative estimate of drug-likeness (QED) is 0.242. The number of rotatable bonds is 3. The van der Waals surface area contributed by atoms with Gasteiger partial charge in [-0.1, -0.05) is 54.6 Å². The van der Waals surface area contributed by atoms with Crippen LogP contribution in [0.5, 0.6) is 0 Å². The zero-order valence-corrected chi connectivity index (χ0v) is 18.9. The third kappa shape index (κ3) is 2.68. The summed E-state index contributed by atoms with van der Waals surface area (Å²) in [5, 5.41) is 11.2. The molecule has 0 saturated carbocycles. The van der Waals surface area contributed by atoms with Gasteiger partial charge in [-0.15, -0.1) is 0 Å². The van der Waals surface area contributed by atoms with Crippen molar-refractivity contribution in [1.29, 1.82) is 0 Å². The Labute approximate surface area is 204 Å². The van der Waals surface area contributed by atoms with Gasteiger partial charge in [-0.2, -0.15) is 0 Å². The molecule has 2 saturated heterocycles. The molecule has 3 aromatic carbocycles. The molecule has 3 aromatic rings. The molecule has 0 bridgehead atoms. The molecule has 2 amide bonds. The molecular weight excluding hydrogens is 464 g/mol. The topological polar surface area (TPSA) is 124 Å². The Morgan fingerprint density at radius 2 is 1.47 bits per heavy atom. The van der Waals surface area contributed by atoms with E-state index in [0.717, 1.165) is 4.90 Å². The fourth-order valence-corrected chi connectivity index (χ4v) is 5.70. The van der Waals surface area contributed by atoms with Crippen LogP contribution in [0.3, 0.4) is 0 Å². The van der Waals surface area contributed by atoms with E-state index < -0.39 is 51.8 Å². The number of carbonyl (C=O) groups excluding carboxylic acids is 4. The number of nitro benzene ring substituents is 1. The number of amides is 2. The Morgan fingerprint density at radius 1 is 0.861 bits per heavy atom. The van der Waals surface area contributed by atoms with E-state index >= 15 is 0 Å². The monoisotopic (exact) mass is 482 g/mol. The number of imide groups is 1. The lowest BCUT2D eigenvalue weighted by Crippen LogP contribution is -2.51. The number of carbonyl (C=O) groups is 4. The van der Waals surface area contributed by atoms with E-state index in [4.69, 9.17) is 4.74 Å². The molecule has 0 aromatic heterocycles. The average Bonchev–Trinajstić information content (AvgIpc) is 3.45. The number of hydrogen-bond donors (Lipinski definition) is 0. The Balaban J connectivity index is 1.53. The van der Waals surface area contributed by atoms with Crippen molar-refractivity contribution in [2.75, 3.05) is 4.90 Å². The molecule has 1 aliphatic carbocycles. The molecule has 3 unspecified atom stereocenters. The summed E-state index contributed by atoms with van der Waals surface area (Å²) in [6, 6.07) is 18.8. The van der Waals surface area contributed by atoms with Gasteiger partial charge in [0.15, 0.2) is 0 Å². The Kier molecular flexibility index (Phi) is 4.58. The first-order chi connectivity index (χ1) is 17.3. The number of anilines is 1. The van der Waals surface area contributed by atoms with Crippen LogP contribution < -0.4 is 4.90 Å². The van der Waals surface area contributed by atoms with Crippen LogP contribution in [0.4, 0.5) is 11.4 Å². The smallest absolute Gasteiger partial charge is 0.269 e. The van der Waals surface area contributed by atoms with Crippen molar-refractivity contribution >= 4 is 34.8 Å². The van der Waals surface area contributed by atoms with Gasteiger partial charge in [0.25, 0.3) is 5.69 Å². The van der Waals surface area contributed by atoms with E-state index in [-0.39, 0.29) is 22.5 Å². The highest BCUT2D eigenvalue weighted by Crippen LogP contribution is 2.57. The molecule has 9 heteroatoms. The van der Waals surface area contributed by atoms with Crippen LogP contribution in [0.25, 0.3) is 0 Å². The van der Waals surface area contributed by atoms with E-state index in [2.05, 4.69) is 0 Å². The van der Waals surface area contributed by atoms with Gasteiger partial charge in [0, 0.05) is 23.3 Å². The van der Waals surface area contributed by atoms with Crippen molar-refractivity contribution in [2.24, 2.45) is 11.8 Å². The summed E-state index contributed by atoms with van der Waals surface area (Å²) < 4.78 is 6.22. The minimum atomic E-state index is -2.16. The van der Waals surface area contributed by atoms with Gasteiger partial charge in [0.05, 0.1) is 28.6 Å². The SMILES string of the molecule is Cc1cc([N+](=O)[O-])ccc1N1C(=O)C2C(c3ccccc3)OC3(C(=O)c4ccccc4C3=O)C2C1=O. The van der Waals surface area contributed by atoms with E-state index in [9.17, 15) is 29.3 Å². The highest BCUT2D eigenvalue weighted by Gasteiger charge is 2.74. The normalized spacial score (nSPS) is 23.9. The first-order valence-electron chi connectivity index (χ1n) is 11.3. The molecule has 3 atom stereocenters. The third-order valence-corrected chi connectivity index (χ3v) is 7.28. The van der Waals surface area contributed by atoms with E-state index in [1.54, 1.807) is 49.4 Å². The minimum absolute atomic E-state index is 0.153. The molecular formula is C27H18N2O7. The lowest BCUT2D eigenvalue weighted by Gasteiger charge is -2.27. The van der Waals surface area contributed by atoms with Gasteiger partial charge in [-0.05, 0) is 24.1 Å². The summed E-state index contributed by atoms with van der Waals surface area (Å²) in [7, 11) is 0. The number of ketones is 2. The third-order valence-electron chi connectivity index (χ3n) is 7.28. The molecule has 0 N–H and O–H groups in total. The molecule has 6 rings (SSSR count). The van der Waals surface area contributed by atoms with E-state index in [1.165, 1.54) is 30.3 Å². The van der Waals surface area contributed by atoms with Crippen LogP contribution in [0.15, 0.2) is 72.8 Å². The van der Waals surface area contributed by atoms with E-state index in [0.29, 0.717) is 11.1 Å². The van der Waals surface area contributed by atoms with Gasteiger partial charge in [0.2, 0.25) is 29.0 Å². The lowest BCUT2D eigenvalue weighted by atomic mass is 9.77. The zero-order valence-electron chi connectivity index (χ0n) is 18.9. The van der Waals surface area contributed by atoms with Crippen molar-refractivity contribution in [1.82, 2.24) is 0 Å². The Morgan fingerprint density at radius 3 is 2.06 bits per heavy atom. The predicted molar refractivity (Wildman–Crippen MR) is 125 cm³/mol. The van der Waals surface area contributed by atoms with Crippen molar-refractivity contribution in [3.05, 3.63) is 105 Å². The van der Waals surface area contributed by atoms with E-state index in [1.807, 2.05) is 0 Å². The average molecular weight is 482 g/mol. The van der Waals surface area contributed by atoms with Gasteiger partial charge in [0.1, 0.15) is 0 Å². The van der Waals surface area contributed by atoms with Crippen molar-refractivity contribution in [3.8, 4) is 0 Å². The largest absolute Gasteiger partial charge is 0.349 e. The fraction of sp³-hybridized carbons (Fsp3) is 0.185.